The lowest BCUT2D eigenvalue weighted by molar-refractivity contribution is -0.161. The molecule has 12 heteroatoms. The highest BCUT2D eigenvalue weighted by atomic mass is 31.2. The van der Waals surface area contributed by atoms with E-state index in [1.165, 1.54) is 103 Å². The maximum Gasteiger partial charge on any atom is 0.472 e. The van der Waals surface area contributed by atoms with Gasteiger partial charge in [0.05, 0.1) is 13.2 Å². The molecule has 0 aromatic heterocycles. The molecule has 284 valence electrons. The van der Waals surface area contributed by atoms with Gasteiger partial charge in [0.15, 0.2) is 6.10 Å². The number of esters is 2. The van der Waals surface area contributed by atoms with Crippen LogP contribution < -0.4 is 5.73 Å². The van der Waals surface area contributed by atoms with Crippen molar-refractivity contribution in [3.05, 3.63) is 0 Å². The maximum atomic E-state index is 12.5. The van der Waals surface area contributed by atoms with Gasteiger partial charge in [-0.05, 0) is 12.8 Å². The van der Waals surface area contributed by atoms with Gasteiger partial charge in [-0.15, -0.1) is 0 Å². The summed E-state index contributed by atoms with van der Waals surface area (Å²) in [5.74, 6) is -2.37. The lowest BCUT2D eigenvalue weighted by atomic mass is 10.0. The summed E-state index contributed by atoms with van der Waals surface area (Å²) in [6.07, 6.45) is 27.5. The molecule has 0 aliphatic rings. The first-order valence-corrected chi connectivity index (χ1v) is 20.6. The topological polar surface area (TPSA) is 172 Å². The number of rotatable bonds is 36. The normalized spacial score (nSPS) is 13.9. The number of carbonyl (C=O) groups is 3. The first kappa shape index (κ1) is 46.5. The molecule has 4 N–H and O–H groups in total. The number of carbonyl (C=O) groups excluding carboxylic acids is 2. The molecule has 0 bridgehead atoms. The molecular weight excluding hydrogens is 637 g/mol. The third-order valence-electron chi connectivity index (χ3n) is 8.36. The van der Waals surface area contributed by atoms with Crippen LogP contribution in [0, 0.1) is 0 Å². The third-order valence-corrected chi connectivity index (χ3v) is 9.31. The van der Waals surface area contributed by atoms with E-state index in [9.17, 15) is 23.8 Å². The Labute approximate surface area is 291 Å². The number of aliphatic carboxylic acids is 1. The summed E-state index contributed by atoms with van der Waals surface area (Å²) in [6, 6.07) is -1.51. The maximum absolute atomic E-state index is 12.5. The van der Waals surface area contributed by atoms with Crippen LogP contribution in [0.5, 0.6) is 0 Å². The van der Waals surface area contributed by atoms with E-state index in [-0.39, 0.29) is 19.4 Å². The van der Waals surface area contributed by atoms with Crippen LogP contribution in [-0.2, 0) is 37.5 Å². The number of nitrogens with two attached hydrogens (primary N) is 1. The Bertz CT molecular complexity index is 844. The van der Waals surface area contributed by atoms with E-state index >= 15 is 0 Å². The molecule has 0 rings (SSSR count). The number of hydrogen-bond acceptors (Lipinski definition) is 9. The summed E-state index contributed by atoms with van der Waals surface area (Å²) < 4.78 is 32.5. The van der Waals surface area contributed by atoms with Gasteiger partial charge in [0, 0.05) is 12.8 Å². The quantitative estimate of drug-likeness (QED) is 0.0322. The van der Waals surface area contributed by atoms with E-state index in [1.807, 2.05) is 0 Å². The van der Waals surface area contributed by atoms with E-state index in [4.69, 9.17) is 24.8 Å². The zero-order valence-electron chi connectivity index (χ0n) is 30.3. The number of carboxylic acids is 1. The molecule has 0 aromatic carbocycles. The van der Waals surface area contributed by atoms with Crippen LogP contribution in [0.1, 0.15) is 181 Å². The van der Waals surface area contributed by atoms with Crippen molar-refractivity contribution < 1.29 is 47.5 Å². The molecule has 48 heavy (non-hydrogen) atoms. The highest BCUT2D eigenvalue weighted by Crippen LogP contribution is 2.43. The molecule has 0 saturated carbocycles. The Hall–Kier alpha value is -1.52. The average molecular weight is 708 g/mol. The lowest BCUT2D eigenvalue weighted by Gasteiger charge is -2.20. The minimum Gasteiger partial charge on any atom is -0.480 e. The van der Waals surface area contributed by atoms with Crippen molar-refractivity contribution in [3.8, 4) is 0 Å². The van der Waals surface area contributed by atoms with E-state index < -0.39 is 51.1 Å². The Morgan fingerprint density at radius 3 is 1.31 bits per heavy atom. The van der Waals surface area contributed by atoms with Gasteiger partial charge in [-0.1, -0.05) is 155 Å². The van der Waals surface area contributed by atoms with Crippen LogP contribution in [0.15, 0.2) is 0 Å². The Morgan fingerprint density at radius 2 is 0.917 bits per heavy atom. The van der Waals surface area contributed by atoms with Gasteiger partial charge in [0.1, 0.15) is 12.6 Å². The highest BCUT2D eigenvalue weighted by molar-refractivity contribution is 7.47. The smallest absolute Gasteiger partial charge is 0.472 e. The number of carboxylic acid groups (broad SMARTS) is 1. The second kappa shape index (κ2) is 32.7. The Kier molecular flexibility index (Phi) is 31.6. The Morgan fingerprint density at radius 1 is 0.562 bits per heavy atom. The van der Waals surface area contributed by atoms with Crippen molar-refractivity contribution in [3.63, 3.8) is 0 Å². The van der Waals surface area contributed by atoms with Crippen molar-refractivity contribution in [2.24, 2.45) is 5.73 Å². The summed E-state index contributed by atoms with van der Waals surface area (Å²) in [6.45, 7) is 2.78. The molecule has 0 radical (unpaired) electrons. The lowest BCUT2D eigenvalue weighted by Crippen LogP contribution is -2.34. The molecule has 0 aliphatic carbocycles. The minimum absolute atomic E-state index is 0.167. The van der Waals surface area contributed by atoms with Gasteiger partial charge in [0.25, 0.3) is 0 Å². The van der Waals surface area contributed by atoms with Crippen LogP contribution in [0.2, 0.25) is 0 Å². The van der Waals surface area contributed by atoms with E-state index in [1.54, 1.807) is 0 Å². The van der Waals surface area contributed by atoms with Crippen molar-refractivity contribution in [1.29, 1.82) is 0 Å². The second-order valence-electron chi connectivity index (χ2n) is 13.1. The number of hydrogen-bond donors (Lipinski definition) is 3. The highest BCUT2D eigenvalue weighted by Gasteiger charge is 2.28. The van der Waals surface area contributed by atoms with Crippen LogP contribution in [-0.4, -0.2) is 59.9 Å². The molecule has 0 saturated heterocycles. The molecule has 0 spiro atoms. The number of unbranched alkanes of at least 4 members (excludes halogenated alkanes) is 22. The summed E-state index contributed by atoms with van der Waals surface area (Å²) in [7, 11) is -4.70. The predicted molar refractivity (Wildman–Crippen MR) is 190 cm³/mol. The zero-order valence-corrected chi connectivity index (χ0v) is 31.2. The average Bonchev–Trinajstić information content (AvgIpc) is 3.05. The molecule has 0 aromatic rings. The number of phosphoric acid groups is 1. The van der Waals surface area contributed by atoms with E-state index in [0.29, 0.717) is 12.8 Å². The largest absolute Gasteiger partial charge is 0.480 e. The minimum atomic E-state index is -4.70. The fourth-order valence-corrected chi connectivity index (χ4v) is 6.08. The van der Waals surface area contributed by atoms with Crippen molar-refractivity contribution in [2.75, 3.05) is 19.8 Å². The fourth-order valence-electron chi connectivity index (χ4n) is 5.30. The first-order chi connectivity index (χ1) is 23.1. The van der Waals surface area contributed by atoms with Crippen molar-refractivity contribution in [2.45, 2.75) is 193 Å². The molecule has 0 aliphatic heterocycles. The standard InChI is InChI=1S/C36H70NO10P/c1-3-5-7-9-11-13-15-16-17-18-20-21-23-25-27-34(38)44-29-32(30-45-48(42,43)46-31-33(37)36(40)41)47-35(39)28-26-24-22-19-14-12-10-8-6-4-2/h32-33H,3-31,37H2,1-2H3,(H,40,41)(H,42,43)/t32-,33+/m1/s1. The SMILES string of the molecule is CCCCCCCCCCCCCCCCC(=O)OC[C@H](COP(=O)(O)OC[C@H](N)C(=O)O)OC(=O)CCCCCCCCCCCC. The van der Waals surface area contributed by atoms with Crippen molar-refractivity contribution in [1.82, 2.24) is 0 Å². The zero-order chi connectivity index (χ0) is 35.7. The van der Waals surface area contributed by atoms with E-state index in [0.717, 1.165) is 38.5 Å². The predicted octanol–water partition coefficient (Wildman–Crippen LogP) is 9.17. The summed E-state index contributed by atoms with van der Waals surface area (Å²) in [5.41, 5.74) is 5.31. The first-order valence-electron chi connectivity index (χ1n) is 19.1. The van der Waals surface area contributed by atoms with Gasteiger partial charge < -0.3 is 25.2 Å². The molecular formula is C36H70NO10P. The molecule has 11 nitrogen and oxygen atoms in total. The number of phosphoric ester groups is 1. The van der Waals surface area contributed by atoms with Gasteiger partial charge in [-0.2, -0.15) is 0 Å². The monoisotopic (exact) mass is 707 g/mol. The molecule has 0 amide bonds. The second-order valence-corrected chi connectivity index (χ2v) is 14.5. The van der Waals surface area contributed by atoms with Crippen LogP contribution in [0.3, 0.4) is 0 Å². The van der Waals surface area contributed by atoms with Gasteiger partial charge in [-0.25, -0.2) is 4.57 Å². The van der Waals surface area contributed by atoms with Gasteiger partial charge >= 0.3 is 25.7 Å². The van der Waals surface area contributed by atoms with Crippen LogP contribution in [0.25, 0.3) is 0 Å². The number of ether oxygens (including phenoxy) is 2. The van der Waals surface area contributed by atoms with E-state index in [2.05, 4.69) is 18.4 Å². The molecule has 0 heterocycles. The summed E-state index contributed by atoms with van der Waals surface area (Å²) in [5, 5.41) is 8.84. The van der Waals surface area contributed by atoms with Crippen LogP contribution >= 0.6 is 7.82 Å². The van der Waals surface area contributed by atoms with Gasteiger partial charge in [-0.3, -0.25) is 23.4 Å². The molecule has 1 unspecified atom stereocenters. The van der Waals surface area contributed by atoms with Gasteiger partial charge in [0.2, 0.25) is 0 Å². The molecule has 3 atom stereocenters. The fraction of sp³-hybridized carbons (Fsp3) is 0.917. The third kappa shape index (κ3) is 31.7. The Balaban J connectivity index is 4.39. The summed E-state index contributed by atoms with van der Waals surface area (Å²) in [4.78, 5) is 45.6. The van der Waals surface area contributed by atoms with Crippen molar-refractivity contribution >= 4 is 25.7 Å². The van der Waals surface area contributed by atoms with Crippen LogP contribution in [0.4, 0.5) is 0 Å². The molecule has 0 fully saturated rings. The summed E-state index contributed by atoms with van der Waals surface area (Å²) >= 11 is 0.